The van der Waals surface area contributed by atoms with E-state index in [0.717, 1.165) is 31.4 Å². The second kappa shape index (κ2) is 6.79. The van der Waals surface area contributed by atoms with Gasteiger partial charge in [-0.05, 0) is 12.8 Å². The number of hydrogen-bond donors (Lipinski definition) is 1. The molecule has 2 heterocycles. The van der Waals surface area contributed by atoms with E-state index in [9.17, 15) is 9.59 Å². The van der Waals surface area contributed by atoms with Crippen LogP contribution in [0, 0.1) is 5.92 Å². The Morgan fingerprint density at radius 3 is 2.95 bits per heavy atom. The van der Waals surface area contributed by atoms with Crippen LogP contribution >= 0.6 is 23.1 Å². The minimum atomic E-state index is -0.293. The number of nitrogens with one attached hydrogen (secondary N) is 1. The molecule has 0 bridgehead atoms. The molecule has 1 aliphatic carbocycles. The van der Waals surface area contributed by atoms with Crippen molar-refractivity contribution in [2.75, 3.05) is 18.2 Å². The van der Waals surface area contributed by atoms with Gasteiger partial charge in [0.25, 0.3) is 0 Å². The van der Waals surface area contributed by atoms with E-state index in [2.05, 4.69) is 10.3 Å². The van der Waals surface area contributed by atoms with E-state index >= 15 is 0 Å². The zero-order valence-corrected chi connectivity index (χ0v) is 13.4. The molecule has 114 valence electrons. The van der Waals surface area contributed by atoms with Crippen molar-refractivity contribution >= 4 is 34.9 Å². The van der Waals surface area contributed by atoms with Crippen LogP contribution in [0.1, 0.15) is 25.0 Å². The van der Waals surface area contributed by atoms with Crippen molar-refractivity contribution in [1.29, 1.82) is 0 Å². The molecule has 2 aliphatic rings. The van der Waals surface area contributed by atoms with Gasteiger partial charge in [-0.2, -0.15) is 0 Å². The number of carbonyl (C=O) groups is 2. The first-order chi connectivity index (χ1) is 10.3. The summed E-state index contributed by atoms with van der Waals surface area (Å²) < 4.78 is 0. The zero-order chi connectivity index (χ0) is 14.7. The van der Waals surface area contributed by atoms with Gasteiger partial charge in [-0.1, -0.05) is 6.42 Å². The molecule has 1 aromatic heterocycles. The number of carbonyl (C=O) groups excluding carboxylic acids is 2. The number of thiazole rings is 1. The summed E-state index contributed by atoms with van der Waals surface area (Å²) in [5, 5.41) is 4.93. The molecule has 7 heteroatoms. The fourth-order valence-corrected chi connectivity index (χ4v) is 4.32. The predicted octanol–water partition coefficient (Wildman–Crippen LogP) is 1.50. The molecular formula is C14H19N3O2S2. The molecule has 1 saturated carbocycles. The largest absolute Gasteiger partial charge is 0.354 e. The smallest absolute Gasteiger partial charge is 0.243 e. The van der Waals surface area contributed by atoms with Gasteiger partial charge in [-0.15, -0.1) is 23.1 Å². The van der Waals surface area contributed by atoms with E-state index in [4.69, 9.17) is 0 Å². The lowest BCUT2D eigenvalue weighted by atomic mass is 9.84. The van der Waals surface area contributed by atoms with Crippen LogP contribution in [0.25, 0.3) is 0 Å². The van der Waals surface area contributed by atoms with E-state index in [1.807, 2.05) is 5.38 Å². The van der Waals surface area contributed by atoms with Crippen molar-refractivity contribution in [1.82, 2.24) is 15.2 Å². The molecule has 3 rings (SSSR count). The molecule has 5 nitrogen and oxygen atoms in total. The van der Waals surface area contributed by atoms with Crippen LogP contribution in [0.4, 0.5) is 0 Å². The highest BCUT2D eigenvalue weighted by Gasteiger charge is 2.38. The molecule has 0 aromatic carbocycles. The topological polar surface area (TPSA) is 62.3 Å². The third-order valence-corrected chi connectivity index (χ3v) is 5.73. The van der Waals surface area contributed by atoms with Gasteiger partial charge < -0.3 is 10.2 Å². The number of amides is 2. The maximum atomic E-state index is 12.3. The van der Waals surface area contributed by atoms with Crippen molar-refractivity contribution in [2.24, 2.45) is 5.92 Å². The number of nitrogens with zero attached hydrogens (tertiary/aromatic N) is 2. The van der Waals surface area contributed by atoms with Gasteiger partial charge in [-0.25, -0.2) is 4.98 Å². The first-order valence-electron chi connectivity index (χ1n) is 7.28. The highest BCUT2D eigenvalue weighted by molar-refractivity contribution is 7.99. The second-order valence-electron chi connectivity index (χ2n) is 5.47. The molecule has 1 aromatic rings. The molecule has 21 heavy (non-hydrogen) atoms. The maximum absolute atomic E-state index is 12.3. The quantitative estimate of drug-likeness (QED) is 0.891. The monoisotopic (exact) mass is 325 g/mol. The summed E-state index contributed by atoms with van der Waals surface area (Å²) in [7, 11) is 0. The first kappa shape index (κ1) is 14.8. The Bertz CT molecular complexity index is 502. The van der Waals surface area contributed by atoms with Crippen LogP contribution in [0.15, 0.2) is 10.9 Å². The molecule has 0 unspecified atom stereocenters. The minimum absolute atomic E-state index is 0.0251. The normalized spacial score (nSPS) is 22.1. The average molecular weight is 325 g/mol. The van der Waals surface area contributed by atoms with E-state index in [1.165, 1.54) is 0 Å². The lowest BCUT2D eigenvalue weighted by molar-refractivity contribution is -0.143. The summed E-state index contributed by atoms with van der Waals surface area (Å²) in [5.41, 5.74) is 2.80. The van der Waals surface area contributed by atoms with Gasteiger partial charge in [0.2, 0.25) is 11.8 Å². The van der Waals surface area contributed by atoms with Gasteiger partial charge in [-0.3, -0.25) is 9.59 Å². The molecule has 1 saturated heterocycles. The molecule has 2 fully saturated rings. The van der Waals surface area contributed by atoms with Gasteiger partial charge >= 0.3 is 0 Å². The number of aromatic nitrogens is 1. The van der Waals surface area contributed by atoms with Gasteiger partial charge in [0.1, 0.15) is 6.04 Å². The van der Waals surface area contributed by atoms with E-state index in [-0.39, 0.29) is 23.8 Å². The predicted molar refractivity (Wildman–Crippen MR) is 84.1 cm³/mol. The molecule has 0 spiro atoms. The van der Waals surface area contributed by atoms with Gasteiger partial charge in [0.05, 0.1) is 17.1 Å². The lowest BCUT2D eigenvalue weighted by Crippen LogP contribution is -2.50. The summed E-state index contributed by atoms with van der Waals surface area (Å²) in [6, 6.07) is -0.293. The van der Waals surface area contributed by atoms with Crippen LogP contribution in [0.2, 0.25) is 0 Å². The lowest BCUT2D eigenvalue weighted by Gasteiger charge is -2.31. The Balaban J connectivity index is 1.49. The standard InChI is InChI=1S/C14H19N3O2S2/c18-13(15-5-4-11-6-20-8-16-11)12-7-21-9-17(12)14(19)10-2-1-3-10/h6,8,10,12H,1-5,7,9H2,(H,15,18)/t12-/m1/s1. The second-order valence-corrected chi connectivity index (χ2v) is 7.19. The van der Waals surface area contributed by atoms with Crippen molar-refractivity contribution in [2.45, 2.75) is 31.7 Å². The third kappa shape index (κ3) is 3.40. The maximum Gasteiger partial charge on any atom is 0.243 e. The number of thioether (sulfide) groups is 1. The van der Waals surface area contributed by atoms with E-state index < -0.39 is 0 Å². The van der Waals surface area contributed by atoms with Crippen LogP contribution in [-0.4, -0.2) is 45.9 Å². The SMILES string of the molecule is O=C(NCCc1cscn1)[C@H]1CSCN1C(=O)C1CCC1. The Labute approximate surface area is 132 Å². The van der Waals surface area contributed by atoms with Crippen LogP contribution in [0.3, 0.4) is 0 Å². The molecule has 0 radical (unpaired) electrons. The minimum Gasteiger partial charge on any atom is -0.354 e. The molecular weight excluding hydrogens is 306 g/mol. The highest BCUT2D eigenvalue weighted by atomic mass is 32.2. The van der Waals surface area contributed by atoms with Crippen LogP contribution in [0.5, 0.6) is 0 Å². The zero-order valence-electron chi connectivity index (χ0n) is 11.8. The average Bonchev–Trinajstić information content (AvgIpc) is 3.07. The molecule has 1 aliphatic heterocycles. The van der Waals surface area contributed by atoms with E-state index in [1.54, 1.807) is 33.5 Å². The van der Waals surface area contributed by atoms with Gasteiger partial charge in [0, 0.05) is 30.0 Å². The van der Waals surface area contributed by atoms with Crippen molar-refractivity contribution in [3.8, 4) is 0 Å². The van der Waals surface area contributed by atoms with Crippen molar-refractivity contribution < 1.29 is 9.59 Å². The Morgan fingerprint density at radius 2 is 2.29 bits per heavy atom. The fraction of sp³-hybridized carbons (Fsp3) is 0.643. The first-order valence-corrected chi connectivity index (χ1v) is 9.38. The van der Waals surface area contributed by atoms with E-state index in [0.29, 0.717) is 18.2 Å². The van der Waals surface area contributed by atoms with Crippen LogP contribution < -0.4 is 5.32 Å². The van der Waals surface area contributed by atoms with Crippen molar-refractivity contribution in [3.63, 3.8) is 0 Å². The Hall–Kier alpha value is -1.08. The summed E-state index contributed by atoms with van der Waals surface area (Å²) in [6.45, 7) is 0.579. The van der Waals surface area contributed by atoms with Crippen LogP contribution in [-0.2, 0) is 16.0 Å². The molecule has 1 N–H and O–H groups in total. The Morgan fingerprint density at radius 1 is 1.43 bits per heavy atom. The van der Waals surface area contributed by atoms with Crippen molar-refractivity contribution in [3.05, 3.63) is 16.6 Å². The fourth-order valence-electron chi connectivity index (χ4n) is 2.56. The molecule has 2 amide bonds. The summed E-state index contributed by atoms with van der Waals surface area (Å²) in [5.74, 6) is 1.67. The summed E-state index contributed by atoms with van der Waals surface area (Å²) in [4.78, 5) is 30.6. The number of rotatable bonds is 5. The summed E-state index contributed by atoms with van der Waals surface area (Å²) in [6.07, 6.45) is 3.85. The third-order valence-electron chi connectivity index (χ3n) is 4.09. The number of hydrogen-bond acceptors (Lipinski definition) is 5. The molecule has 1 atom stereocenters. The Kier molecular flexibility index (Phi) is 4.80. The summed E-state index contributed by atoms with van der Waals surface area (Å²) >= 11 is 3.22. The van der Waals surface area contributed by atoms with Gasteiger partial charge in [0.15, 0.2) is 0 Å². The highest BCUT2D eigenvalue weighted by Crippen LogP contribution is 2.32.